The van der Waals surface area contributed by atoms with Crippen molar-refractivity contribution in [1.29, 1.82) is 0 Å². The second-order valence-electron chi connectivity index (χ2n) is 5.41. The Morgan fingerprint density at radius 3 is 2.67 bits per heavy atom. The molecule has 1 aliphatic heterocycles. The van der Waals surface area contributed by atoms with Crippen molar-refractivity contribution in [1.82, 2.24) is 0 Å². The SMILES string of the molecule is CCc1cccc2c1N(C(=O)C(N)c1ccccc1)CC2. The Balaban J connectivity index is 1.92. The summed E-state index contributed by atoms with van der Waals surface area (Å²) in [6, 6.07) is 15.3. The van der Waals surface area contributed by atoms with Gasteiger partial charge in [-0.05, 0) is 29.5 Å². The van der Waals surface area contributed by atoms with Crippen LogP contribution in [0.3, 0.4) is 0 Å². The van der Waals surface area contributed by atoms with E-state index in [0.29, 0.717) is 0 Å². The highest BCUT2D eigenvalue weighted by molar-refractivity contribution is 6.00. The predicted molar refractivity (Wildman–Crippen MR) is 85.2 cm³/mol. The highest BCUT2D eigenvalue weighted by atomic mass is 16.2. The van der Waals surface area contributed by atoms with Crippen LogP contribution >= 0.6 is 0 Å². The number of hydrogen-bond donors (Lipinski definition) is 1. The Labute approximate surface area is 125 Å². The molecule has 0 bridgehead atoms. The number of carbonyl (C=O) groups is 1. The molecule has 2 aromatic carbocycles. The molecule has 0 aromatic heterocycles. The average Bonchev–Trinajstić information content (AvgIpc) is 2.98. The van der Waals surface area contributed by atoms with Gasteiger partial charge in [0.15, 0.2) is 0 Å². The topological polar surface area (TPSA) is 46.3 Å². The third-order valence-electron chi connectivity index (χ3n) is 4.15. The molecule has 3 heteroatoms. The van der Waals surface area contributed by atoms with Gasteiger partial charge >= 0.3 is 0 Å². The third kappa shape index (κ3) is 2.45. The van der Waals surface area contributed by atoms with Crippen LogP contribution in [-0.2, 0) is 17.6 Å². The first kappa shape index (κ1) is 13.8. The monoisotopic (exact) mass is 280 g/mol. The van der Waals surface area contributed by atoms with Crippen molar-refractivity contribution in [3.8, 4) is 0 Å². The zero-order valence-electron chi connectivity index (χ0n) is 12.3. The van der Waals surface area contributed by atoms with Crippen LogP contribution in [0.2, 0.25) is 0 Å². The van der Waals surface area contributed by atoms with Gasteiger partial charge in [-0.2, -0.15) is 0 Å². The molecule has 1 unspecified atom stereocenters. The number of rotatable bonds is 3. The van der Waals surface area contributed by atoms with Crippen LogP contribution in [0.5, 0.6) is 0 Å². The fourth-order valence-corrected chi connectivity index (χ4v) is 3.01. The van der Waals surface area contributed by atoms with Crippen molar-refractivity contribution < 1.29 is 4.79 Å². The maximum absolute atomic E-state index is 12.8. The number of fused-ring (bicyclic) bond motifs is 1. The van der Waals surface area contributed by atoms with E-state index in [9.17, 15) is 4.79 Å². The molecule has 2 aromatic rings. The van der Waals surface area contributed by atoms with Gasteiger partial charge in [-0.15, -0.1) is 0 Å². The van der Waals surface area contributed by atoms with Gasteiger partial charge in [-0.25, -0.2) is 0 Å². The number of para-hydroxylation sites is 1. The summed E-state index contributed by atoms with van der Waals surface area (Å²) in [7, 11) is 0. The average molecular weight is 280 g/mol. The molecule has 21 heavy (non-hydrogen) atoms. The van der Waals surface area contributed by atoms with Gasteiger partial charge in [0, 0.05) is 6.54 Å². The van der Waals surface area contributed by atoms with E-state index in [1.54, 1.807) is 0 Å². The Morgan fingerprint density at radius 2 is 1.95 bits per heavy atom. The second-order valence-corrected chi connectivity index (χ2v) is 5.41. The van der Waals surface area contributed by atoms with E-state index in [0.717, 1.165) is 30.6 Å². The lowest BCUT2D eigenvalue weighted by Gasteiger charge is -2.23. The third-order valence-corrected chi connectivity index (χ3v) is 4.15. The van der Waals surface area contributed by atoms with Crippen molar-refractivity contribution in [2.45, 2.75) is 25.8 Å². The van der Waals surface area contributed by atoms with Crippen LogP contribution in [-0.4, -0.2) is 12.5 Å². The molecule has 1 heterocycles. The quantitative estimate of drug-likeness (QED) is 0.939. The van der Waals surface area contributed by atoms with E-state index < -0.39 is 6.04 Å². The van der Waals surface area contributed by atoms with E-state index in [1.165, 1.54) is 11.1 Å². The normalized spacial score (nSPS) is 14.9. The second kappa shape index (κ2) is 5.70. The van der Waals surface area contributed by atoms with E-state index in [1.807, 2.05) is 35.2 Å². The molecule has 1 atom stereocenters. The van der Waals surface area contributed by atoms with Crippen molar-refractivity contribution in [3.05, 3.63) is 65.2 Å². The smallest absolute Gasteiger partial charge is 0.248 e. The number of carbonyl (C=O) groups excluding carboxylic acids is 1. The molecule has 0 saturated carbocycles. The van der Waals surface area contributed by atoms with Gasteiger partial charge in [0.2, 0.25) is 5.91 Å². The van der Waals surface area contributed by atoms with E-state index in [-0.39, 0.29) is 5.91 Å². The van der Waals surface area contributed by atoms with Crippen LogP contribution in [0, 0.1) is 0 Å². The molecule has 0 radical (unpaired) electrons. The molecule has 108 valence electrons. The first-order valence-electron chi connectivity index (χ1n) is 7.45. The van der Waals surface area contributed by atoms with Gasteiger partial charge in [0.25, 0.3) is 0 Å². The van der Waals surface area contributed by atoms with Gasteiger partial charge in [-0.3, -0.25) is 4.79 Å². The Morgan fingerprint density at radius 1 is 1.19 bits per heavy atom. The first-order valence-corrected chi connectivity index (χ1v) is 7.45. The summed E-state index contributed by atoms with van der Waals surface area (Å²) >= 11 is 0. The molecule has 3 nitrogen and oxygen atoms in total. The number of nitrogens with zero attached hydrogens (tertiary/aromatic N) is 1. The molecule has 2 N–H and O–H groups in total. The Hall–Kier alpha value is -2.13. The zero-order chi connectivity index (χ0) is 14.8. The molecule has 1 amide bonds. The van der Waals surface area contributed by atoms with Gasteiger partial charge in [0.1, 0.15) is 6.04 Å². The van der Waals surface area contributed by atoms with E-state index in [2.05, 4.69) is 25.1 Å². The first-order chi connectivity index (χ1) is 10.2. The van der Waals surface area contributed by atoms with Crippen LogP contribution < -0.4 is 10.6 Å². The molecule has 1 aliphatic rings. The minimum absolute atomic E-state index is 0.0131. The largest absolute Gasteiger partial charge is 0.316 e. The van der Waals surface area contributed by atoms with Crippen LogP contribution in [0.4, 0.5) is 5.69 Å². The zero-order valence-corrected chi connectivity index (χ0v) is 12.3. The summed E-state index contributed by atoms with van der Waals surface area (Å²) in [6.07, 6.45) is 1.84. The highest BCUT2D eigenvalue weighted by Gasteiger charge is 2.30. The van der Waals surface area contributed by atoms with Gasteiger partial charge in [-0.1, -0.05) is 55.5 Å². The number of hydrogen-bond acceptors (Lipinski definition) is 2. The minimum atomic E-state index is -0.595. The number of aryl methyl sites for hydroxylation is 1. The molecule has 0 spiro atoms. The summed E-state index contributed by atoms with van der Waals surface area (Å²) in [4.78, 5) is 14.6. The Bertz CT molecular complexity index is 652. The van der Waals surface area contributed by atoms with Crippen molar-refractivity contribution in [3.63, 3.8) is 0 Å². The number of anilines is 1. The molecule has 0 saturated heterocycles. The molecular formula is C18H20N2O. The van der Waals surface area contributed by atoms with Crippen molar-refractivity contribution >= 4 is 11.6 Å². The summed E-state index contributed by atoms with van der Waals surface area (Å²) < 4.78 is 0. The molecule has 0 aliphatic carbocycles. The lowest BCUT2D eigenvalue weighted by Crippen LogP contribution is -2.37. The minimum Gasteiger partial charge on any atom is -0.316 e. The standard InChI is InChI=1S/C18H20N2O/c1-2-13-9-6-10-15-11-12-20(17(13)15)18(21)16(19)14-7-4-3-5-8-14/h3-10,16H,2,11-12,19H2,1H3. The Kier molecular flexibility index (Phi) is 3.76. The van der Waals surface area contributed by atoms with Crippen molar-refractivity contribution in [2.24, 2.45) is 5.73 Å². The lowest BCUT2D eigenvalue weighted by atomic mass is 10.0. The van der Waals surface area contributed by atoms with Gasteiger partial charge < -0.3 is 10.6 Å². The number of amides is 1. The maximum Gasteiger partial charge on any atom is 0.248 e. The molecular weight excluding hydrogens is 260 g/mol. The maximum atomic E-state index is 12.8. The lowest BCUT2D eigenvalue weighted by molar-refractivity contribution is -0.119. The summed E-state index contributed by atoms with van der Waals surface area (Å²) in [5.41, 5.74) is 10.6. The predicted octanol–water partition coefficient (Wildman–Crippen LogP) is 2.84. The van der Waals surface area contributed by atoms with Crippen molar-refractivity contribution in [2.75, 3.05) is 11.4 Å². The van der Waals surface area contributed by atoms with Crippen LogP contribution in [0.1, 0.15) is 29.7 Å². The number of nitrogens with two attached hydrogens (primary N) is 1. The fourth-order valence-electron chi connectivity index (χ4n) is 3.01. The summed E-state index contributed by atoms with van der Waals surface area (Å²) in [5.74, 6) is -0.0131. The fraction of sp³-hybridized carbons (Fsp3) is 0.278. The van der Waals surface area contributed by atoms with Crippen LogP contribution in [0.15, 0.2) is 48.5 Å². The van der Waals surface area contributed by atoms with E-state index in [4.69, 9.17) is 5.73 Å². The van der Waals surface area contributed by atoms with Crippen LogP contribution in [0.25, 0.3) is 0 Å². The molecule has 3 rings (SSSR count). The van der Waals surface area contributed by atoms with E-state index >= 15 is 0 Å². The number of benzene rings is 2. The summed E-state index contributed by atoms with van der Waals surface area (Å²) in [5, 5.41) is 0. The van der Waals surface area contributed by atoms with Gasteiger partial charge in [0.05, 0.1) is 5.69 Å². The summed E-state index contributed by atoms with van der Waals surface area (Å²) in [6.45, 7) is 2.85. The molecule has 0 fully saturated rings. The highest BCUT2D eigenvalue weighted by Crippen LogP contribution is 2.33.